The predicted molar refractivity (Wildman–Crippen MR) is 241 cm³/mol. The van der Waals surface area contributed by atoms with Crippen LogP contribution in [-0.2, 0) is 10.8 Å². The average Bonchev–Trinajstić information content (AvgIpc) is 3.85. The van der Waals surface area contributed by atoms with E-state index in [2.05, 4.69) is 184 Å². The Balaban J connectivity index is 1.12. The van der Waals surface area contributed by atoms with E-state index < -0.39 is 0 Å². The van der Waals surface area contributed by atoms with Crippen molar-refractivity contribution in [3.8, 4) is 33.4 Å². The Morgan fingerprint density at radius 3 is 2.05 bits per heavy atom. The first-order valence-corrected chi connectivity index (χ1v) is 21.6. The molecule has 284 valence electrons. The molecule has 2 bridgehead atoms. The summed E-state index contributed by atoms with van der Waals surface area (Å²) >= 11 is 0. The van der Waals surface area contributed by atoms with Crippen LogP contribution >= 0.6 is 0 Å². The van der Waals surface area contributed by atoms with E-state index in [4.69, 9.17) is 4.42 Å². The topological polar surface area (TPSA) is 16.4 Å². The number of furan rings is 1. The third-order valence-electron chi connectivity index (χ3n) is 15.2. The molecule has 2 fully saturated rings. The fraction of sp³-hybridized carbons (Fsp3) is 0.250. The molecule has 1 aromatic heterocycles. The van der Waals surface area contributed by atoms with E-state index in [1.54, 1.807) is 11.1 Å². The van der Waals surface area contributed by atoms with Crippen molar-refractivity contribution >= 4 is 39.0 Å². The molecule has 8 aromatic rings. The van der Waals surface area contributed by atoms with Gasteiger partial charge in [0, 0.05) is 32.9 Å². The number of anilines is 3. The van der Waals surface area contributed by atoms with Crippen molar-refractivity contribution in [3.63, 3.8) is 0 Å². The highest BCUT2D eigenvalue weighted by Crippen LogP contribution is 2.66. The molecule has 0 amide bonds. The number of fused-ring (bicyclic) bond motifs is 14. The summed E-state index contributed by atoms with van der Waals surface area (Å²) in [5.74, 6) is 2.85. The van der Waals surface area contributed by atoms with Crippen molar-refractivity contribution < 1.29 is 4.42 Å². The highest BCUT2D eigenvalue weighted by Gasteiger charge is 2.57. The van der Waals surface area contributed by atoms with E-state index >= 15 is 0 Å². The van der Waals surface area contributed by atoms with Gasteiger partial charge in [-0.25, -0.2) is 0 Å². The van der Waals surface area contributed by atoms with Crippen molar-refractivity contribution in [3.05, 3.63) is 174 Å². The van der Waals surface area contributed by atoms with Crippen molar-refractivity contribution in [2.75, 3.05) is 4.90 Å². The van der Waals surface area contributed by atoms with Gasteiger partial charge < -0.3 is 9.32 Å². The lowest BCUT2D eigenvalue weighted by Crippen LogP contribution is -2.49. The second-order valence-electron chi connectivity index (χ2n) is 18.7. The predicted octanol–water partition coefficient (Wildman–Crippen LogP) is 15.4. The van der Waals surface area contributed by atoms with Gasteiger partial charge in [-0.3, -0.25) is 0 Å². The number of rotatable bonds is 4. The Kier molecular flexibility index (Phi) is 7.27. The molecular formula is C56H49NO. The minimum absolute atomic E-state index is 0.0299. The van der Waals surface area contributed by atoms with Crippen LogP contribution in [0.1, 0.15) is 75.6 Å². The molecule has 0 saturated heterocycles. The number of hydrogen-bond acceptors (Lipinski definition) is 2. The Morgan fingerprint density at radius 1 is 0.517 bits per heavy atom. The summed E-state index contributed by atoms with van der Waals surface area (Å²) in [7, 11) is 0. The van der Waals surface area contributed by atoms with Gasteiger partial charge in [-0.05, 0) is 130 Å². The van der Waals surface area contributed by atoms with Crippen LogP contribution in [0.3, 0.4) is 0 Å². The Labute approximate surface area is 342 Å². The zero-order valence-electron chi connectivity index (χ0n) is 33.9. The summed E-state index contributed by atoms with van der Waals surface area (Å²) in [6.07, 6.45) is 5.35. The largest absolute Gasteiger partial charge is 0.454 e. The van der Waals surface area contributed by atoms with Crippen LogP contribution < -0.4 is 4.90 Å². The average molecular weight is 752 g/mol. The van der Waals surface area contributed by atoms with Crippen LogP contribution in [0, 0.1) is 23.7 Å². The number of nitrogens with zero attached hydrogens (tertiary/aromatic N) is 1. The van der Waals surface area contributed by atoms with E-state index in [0.717, 1.165) is 50.8 Å². The fourth-order valence-corrected chi connectivity index (χ4v) is 13.0. The van der Waals surface area contributed by atoms with E-state index in [1.807, 2.05) is 0 Å². The summed E-state index contributed by atoms with van der Waals surface area (Å²) in [4.78, 5) is 2.49. The van der Waals surface area contributed by atoms with Gasteiger partial charge in [-0.2, -0.15) is 0 Å². The third kappa shape index (κ3) is 4.55. The molecule has 4 aliphatic carbocycles. The van der Waals surface area contributed by atoms with E-state index in [1.165, 1.54) is 70.2 Å². The summed E-state index contributed by atoms with van der Waals surface area (Å²) in [6, 6.07) is 57.1. The van der Waals surface area contributed by atoms with Crippen LogP contribution in [0.5, 0.6) is 0 Å². The molecule has 2 nitrogen and oxygen atoms in total. The van der Waals surface area contributed by atoms with Gasteiger partial charge in [0.05, 0.1) is 11.4 Å². The molecule has 0 N–H and O–H groups in total. The molecule has 12 rings (SSSR count). The minimum Gasteiger partial charge on any atom is -0.454 e. The molecule has 5 atom stereocenters. The van der Waals surface area contributed by atoms with Crippen LogP contribution in [0.4, 0.5) is 17.1 Å². The molecule has 2 saturated carbocycles. The molecule has 2 heteroatoms. The van der Waals surface area contributed by atoms with E-state index in [9.17, 15) is 0 Å². The van der Waals surface area contributed by atoms with Gasteiger partial charge in [0.25, 0.3) is 0 Å². The van der Waals surface area contributed by atoms with Crippen LogP contribution in [-0.4, -0.2) is 0 Å². The molecule has 58 heavy (non-hydrogen) atoms. The lowest BCUT2D eigenvalue weighted by molar-refractivity contribution is 0.0426. The normalized spacial score (nSPS) is 23.4. The first-order valence-electron chi connectivity index (χ1n) is 21.6. The number of para-hydroxylation sites is 3. The fourth-order valence-electron chi connectivity index (χ4n) is 13.0. The maximum Gasteiger partial charge on any atom is 0.159 e. The van der Waals surface area contributed by atoms with Gasteiger partial charge >= 0.3 is 0 Å². The molecular weight excluding hydrogens is 703 g/mol. The maximum absolute atomic E-state index is 6.85. The Hall–Kier alpha value is -5.86. The quantitative estimate of drug-likeness (QED) is 0.178. The lowest BCUT2D eigenvalue weighted by Gasteiger charge is -2.54. The molecule has 4 aliphatic rings. The van der Waals surface area contributed by atoms with Crippen molar-refractivity contribution in [1.29, 1.82) is 0 Å². The SMILES string of the molecule is CC1CC2CC(C)C3(c4ccccc4-c4c(-c5ccccc5N(c5ccc6c(c5)C(C)(C)c5ccccc5-6)c5cccc6c5oc5ccccc56)cccc43)C(C1)C2. The smallest absolute Gasteiger partial charge is 0.159 e. The minimum atomic E-state index is -0.136. The highest BCUT2D eigenvalue weighted by atomic mass is 16.3. The summed E-state index contributed by atoms with van der Waals surface area (Å²) < 4.78 is 6.85. The first-order chi connectivity index (χ1) is 28.3. The second kappa shape index (κ2) is 12.3. The van der Waals surface area contributed by atoms with Crippen molar-refractivity contribution in [1.82, 2.24) is 0 Å². The Morgan fingerprint density at radius 2 is 1.17 bits per heavy atom. The van der Waals surface area contributed by atoms with Gasteiger partial charge in [0.2, 0.25) is 0 Å². The maximum atomic E-state index is 6.85. The molecule has 5 unspecified atom stereocenters. The van der Waals surface area contributed by atoms with Crippen LogP contribution in [0.15, 0.2) is 156 Å². The molecule has 1 heterocycles. The zero-order valence-corrected chi connectivity index (χ0v) is 33.9. The van der Waals surface area contributed by atoms with Crippen molar-refractivity contribution in [2.24, 2.45) is 23.7 Å². The zero-order chi connectivity index (χ0) is 38.9. The highest BCUT2D eigenvalue weighted by molar-refractivity contribution is 6.11. The first kappa shape index (κ1) is 34.2. The number of benzene rings is 7. The van der Waals surface area contributed by atoms with Gasteiger partial charge in [0.1, 0.15) is 5.58 Å². The molecule has 0 aliphatic heterocycles. The van der Waals surface area contributed by atoms with Crippen LogP contribution in [0.2, 0.25) is 0 Å². The standard InChI is InChI=1S/C56H49NO/c1-34-29-36-31-35(2)56(37(30-34)32-36)47-22-10-6-18-45(47)53-43(19-13-23-48(53)56)41-16-7-11-24-50(41)57(51-25-14-20-44-42-17-8-12-26-52(42)58-54(44)51)38-27-28-40-39-15-5-9-21-46(39)55(3,4)49(40)33-38/h5-28,33-37H,29-32H2,1-4H3. The summed E-state index contributed by atoms with van der Waals surface area (Å²) in [5.41, 5.74) is 18.9. The van der Waals surface area contributed by atoms with Crippen LogP contribution in [0.25, 0.3) is 55.3 Å². The van der Waals surface area contributed by atoms with Crippen molar-refractivity contribution in [2.45, 2.75) is 64.2 Å². The molecule has 1 spiro atoms. The van der Waals surface area contributed by atoms with Gasteiger partial charge in [-0.15, -0.1) is 0 Å². The van der Waals surface area contributed by atoms with E-state index in [-0.39, 0.29) is 10.8 Å². The Bertz CT molecular complexity index is 2960. The monoisotopic (exact) mass is 751 g/mol. The molecule has 0 radical (unpaired) electrons. The molecule has 7 aromatic carbocycles. The third-order valence-corrected chi connectivity index (χ3v) is 15.2. The summed E-state index contributed by atoms with van der Waals surface area (Å²) in [6.45, 7) is 9.84. The van der Waals surface area contributed by atoms with E-state index in [0.29, 0.717) is 11.8 Å². The number of hydrogen-bond donors (Lipinski definition) is 0. The van der Waals surface area contributed by atoms with Gasteiger partial charge in [0.15, 0.2) is 5.58 Å². The second-order valence-corrected chi connectivity index (χ2v) is 18.7. The van der Waals surface area contributed by atoms with Gasteiger partial charge in [-0.1, -0.05) is 149 Å². The lowest BCUT2D eigenvalue weighted by atomic mass is 9.49. The summed E-state index contributed by atoms with van der Waals surface area (Å²) in [5, 5.41) is 2.27.